The van der Waals surface area contributed by atoms with Crippen molar-refractivity contribution in [2.75, 3.05) is 0 Å². The van der Waals surface area contributed by atoms with Crippen LogP contribution in [0.5, 0.6) is 0 Å². The van der Waals surface area contributed by atoms with Crippen molar-refractivity contribution >= 4 is 27.9 Å². The molecule has 1 heterocycles. The summed E-state index contributed by atoms with van der Waals surface area (Å²) in [7, 11) is 0. The van der Waals surface area contributed by atoms with E-state index in [0.29, 0.717) is 12.0 Å². The summed E-state index contributed by atoms with van der Waals surface area (Å²) in [6, 6.07) is 3.60. The highest BCUT2D eigenvalue weighted by molar-refractivity contribution is 9.10. The van der Waals surface area contributed by atoms with Crippen LogP contribution in [0.3, 0.4) is 0 Å². The largest absolute Gasteiger partial charge is 0.387 e. The maximum atomic E-state index is 13.5. The predicted octanol–water partition coefficient (Wildman–Crippen LogP) is 2.74. The van der Waals surface area contributed by atoms with E-state index in [1.54, 1.807) is 0 Å². The Morgan fingerprint density at radius 3 is 2.71 bits per heavy atom. The zero-order valence-corrected chi connectivity index (χ0v) is 10.2. The van der Waals surface area contributed by atoms with E-state index in [4.69, 9.17) is 4.84 Å². The van der Waals surface area contributed by atoms with Crippen molar-refractivity contribution in [3.05, 3.63) is 35.4 Å². The number of carbonyl (C=O) groups excluding carboxylic acids is 1. The van der Waals surface area contributed by atoms with Gasteiger partial charge in [0.05, 0.1) is 11.3 Å². The lowest BCUT2D eigenvalue weighted by atomic mass is 10.0. The number of hydrogen-bond acceptors (Lipinski definition) is 3. The molecule has 0 aromatic heterocycles. The smallest absolute Gasteiger partial charge is 0.163 e. The second-order valence-electron chi connectivity index (χ2n) is 3.55. The third-order valence-corrected chi connectivity index (χ3v) is 3.20. The lowest BCUT2D eigenvalue weighted by Gasteiger charge is -2.10. The second-order valence-corrected chi connectivity index (χ2v) is 4.54. The minimum absolute atomic E-state index is 0.156. The summed E-state index contributed by atoms with van der Waals surface area (Å²) in [5.74, 6) is -1.35. The van der Waals surface area contributed by atoms with Crippen molar-refractivity contribution < 1.29 is 18.4 Å². The summed E-state index contributed by atoms with van der Waals surface area (Å²) in [5.41, 5.74) is 0.268. The maximum absolute atomic E-state index is 13.5. The van der Waals surface area contributed by atoms with E-state index < -0.39 is 22.6 Å². The summed E-state index contributed by atoms with van der Waals surface area (Å²) in [6.07, 6.45) is 0.0145. The van der Waals surface area contributed by atoms with Crippen molar-refractivity contribution in [1.29, 1.82) is 0 Å². The first-order valence-corrected chi connectivity index (χ1v) is 5.81. The number of benzene rings is 1. The van der Waals surface area contributed by atoms with Crippen LogP contribution in [0.25, 0.3) is 0 Å². The van der Waals surface area contributed by atoms with Gasteiger partial charge in [0.15, 0.2) is 6.10 Å². The van der Waals surface area contributed by atoms with Crippen LogP contribution in [-0.4, -0.2) is 16.8 Å². The fourth-order valence-corrected chi connectivity index (χ4v) is 1.88. The number of carbonyl (C=O) groups is 1. The van der Waals surface area contributed by atoms with E-state index in [-0.39, 0.29) is 12.0 Å². The first-order chi connectivity index (χ1) is 8.13. The molecule has 1 aromatic carbocycles. The molecule has 2 atom stereocenters. The monoisotopic (exact) mass is 303 g/mol. The van der Waals surface area contributed by atoms with E-state index in [1.807, 2.05) is 0 Å². The highest BCUT2D eigenvalue weighted by Gasteiger charge is 2.30. The molecule has 0 spiro atoms. The van der Waals surface area contributed by atoms with Gasteiger partial charge in [-0.2, -0.15) is 0 Å². The molecule has 1 aromatic rings. The topological polar surface area (TPSA) is 38.7 Å². The van der Waals surface area contributed by atoms with Crippen molar-refractivity contribution in [3.63, 3.8) is 0 Å². The van der Waals surface area contributed by atoms with Gasteiger partial charge in [0.25, 0.3) is 0 Å². The third-order valence-electron chi connectivity index (χ3n) is 2.45. The molecule has 2 rings (SSSR count). The molecule has 0 saturated heterocycles. The first kappa shape index (κ1) is 12.2. The van der Waals surface area contributed by atoms with Gasteiger partial charge in [-0.15, -0.1) is 0 Å². The van der Waals surface area contributed by atoms with Crippen molar-refractivity contribution in [3.8, 4) is 0 Å². The molecule has 0 saturated carbocycles. The highest BCUT2D eigenvalue weighted by atomic mass is 79.9. The van der Waals surface area contributed by atoms with Crippen LogP contribution in [0.1, 0.15) is 18.1 Å². The van der Waals surface area contributed by atoms with Gasteiger partial charge in [-0.25, -0.2) is 8.78 Å². The van der Waals surface area contributed by atoms with E-state index in [2.05, 4.69) is 21.1 Å². The highest BCUT2D eigenvalue weighted by Crippen LogP contribution is 2.32. The first-order valence-electron chi connectivity index (χ1n) is 4.89. The number of aldehydes is 1. The van der Waals surface area contributed by atoms with Crippen LogP contribution in [0.2, 0.25) is 0 Å². The van der Waals surface area contributed by atoms with Crippen LogP contribution in [0.4, 0.5) is 8.78 Å². The molecular formula is C11H8BrF2NO2. The van der Waals surface area contributed by atoms with E-state index >= 15 is 0 Å². The van der Waals surface area contributed by atoms with Crippen LogP contribution in [-0.2, 0) is 9.63 Å². The molecule has 3 nitrogen and oxygen atoms in total. The lowest BCUT2D eigenvalue weighted by molar-refractivity contribution is -0.106. The number of hydrogen-bond donors (Lipinski definition) is 0. The van der Waals surface area contributed by atoms with Crippen LogP contribution >= 0.6 is 15.9 Å². The Kier molecular flexibility index (Phi) is 3.51. The molecule has 1 aliphatic heterocycles. The number of alkyl halides is 1. The minimum Gasteiger partial charge on any atom is -0.387 e. The minimum atomic E-state index is -0.814. The third kappa shape index (κ3) is 2.36. The molecule has 2 unspecified atom stereocenters. The summed E-state index contributed by atoms with van der Waals surface area (Å²) in [6.45, 7) is 0. The molecular weight excluding hydrogens is 296 g/mol. The van der Waals surface area contributed by atoms with Crippen molar-refractivity contribution in [2.45, 2.75) is 17.4 Å². The lowest BCUT2D eigenvalue weighted by Crippen LogP contribution is -2.14. The Morgan fingerprint density at radius 2 is 2.12 bits per heavy atom. The predicted molar refractivity (Wildman–Crippen MR) is 61.0 cm³/mol. The van der Waals surface area contributed by atoms with Gasteiger partial charge in [0.2, 0.25) is 0 Å². The van der Waals surface area contributed by atoms with E-state index in [0.717, 1.165) is 12.1 Å². The van der Waals surface area contributed by atoms with Crippen LogP contribution in [0, 0.1) is 11.6 Å². The molecule has 17 heavy (non-hydrogen) atoms. The summed E-state index contributed by atoms with van der Waals surface area (Å²) in [4.78, 5) is 14.9. The molecule has 90 valence electrons. The molecule has 0 N–H and O–H groups in total. The molecule has 0 aliphatic carbocycles. The van der Waals surface area contributed by atoms with Gasteiger partial charge in [0.1, 0.15) is 22.7 Å². The quantitative estimate of drug-likeness (QED) is 0.636. The van der Waals surface area contributed by atoms with Gasteiger partial charge < -0.3 is 9.63 Å². The Hall–Kier alpha value is -1.30. The number of nitrogens with zero attached hydrogens (tertiary/aromatic N) is 1. The Labute approximate surface area is 105 Å². The molecule has 0 amide bonds. The van der Waals surface area contributed by atoms with E-state index in [9.17, 15) is 13.6 Å². The zero-order chi connectivity index (χ0) is 12.4. The van der Waals surface area contributed by atoms with Gasteiger partial charge in [-0.05, 0) is 12.1 Å². The SMILES string of the molecule is O=CC(Br)C1=NOC(c2c(F)cccc2F)C1. The average molecular weight is 304 g/mol. The van der Waals surface area contributed by atoms with Gasteiger partial charge in [0, 0.05) is 6.42 Å². The Morgan fingerprint density at radius 1 is 1.47 bits per heavy atom. The molecule has 0 radical (unpaired) electrons. The standard InChI is InChI=1S/C11H8BrF2NO2/c12-6(5-16)9-4-10(17-15-9)11-7(13)2-1-3-8(11)14/h1-3,5-6,10H,4H2. The Balaban J connectivity index is 2.20. The van der Waals surface area contributed by atoms with Crippen molar-refractivity contribution in [2.24, 2.45) is 5.16 Å². The Bertz CT molecular complexity index is 458. The van der Waals surface area contributed by atoms with Crippen LogP contribution in [0.15, 0.2) is 23.4 Å². The summed E-state index contributed by atoms with van der Waals surface area (Å²) < 4.78 is 26.9. The molecule has 0 bridgehead atoms. The van der Waals surface area contributed by atoms with Gasteiger partial charge >= 0.3 is 0 Å². The average Bonchev–Trinajstić information content (AvgIpc) is 2.77. The maximum Gasteiger partial charge on any atom is 0.163 e. The molecule has 1 aliphatic rings. The number of rotatable bonds is 3. The fourth-order valence-electron chi connectivity index (χ4n) is 1.61. The van der Waals surface area contributed by atoms with Crippen LogP contribution < -0.4 is 0 Å². The second kappa shape index (κ2) is 4.91. The van der Waals surface area contributed by atoms with Gasteiger partial charge in [-0.3, -0.25) is 0 Å². The van der Waals surface area contributed by atoms with Crippen molar-refractivity contribution in [1.82, 2.24) is 0 Å². The fraction of sp³-hybridized carbons (Fsp3) is 0.273. The molecule has 0 fully saturated rings. The van der Waals surface area contributed by atoms with Gasteiger partial charge in [-0.1, -0.05) is 27.2 Å². The zero-order valence-electron chi connectivity index (χ0n) is 8.57. The molecule has 6 heteroatoms. The van der Waals surface area contributed by atoms with E-state index in [1.165, 1.54) is 6.07 Å². The summed E-state index contributed by atoms with van der Waals surface area (Å²) in [5, 5.41) is 3.65. The number of halogens is 3. The summed E-state index contributed by atoms with van der Waals surface area (Å²) >= 11 is 3.07. The normalized spacial score (nSPS) is 20.6. The number of oxime groups is 1.